The van der Waals surface area contributed by atoms with Gasteiger partial charge in [-0.25, -0.2) is 0 Å². The molecule has 0 unspecified atom stereocenters. The van der Waals surface area contributed by atoms with Crippen LogP contribution < -0.4 is 16.3 Å². The molecule has 0 aromatic heterocycles. The number of hydrogen-bond acceptors (Lipinski definition) is 5. The van der Waals surface area contributed by atoms with Gasteiger partial charge in [0, 0.05) is 12.0 Å². The molecule has 0 atom stereocenters. The number of nitrogens with one attached hydrogen (secondary N) is 2. The van der Waals surface area contributed by atoms with Crippen molar-refractivity contribution in [2.45, 2.75) is 26.7 Å². The van der Waals surface area contributed by atoms with E-state index in [0.717, 1.165) is 6.42 Å². The largest absolute Gasteiger partial charge is 0.295 e. The highest BCUT2D eigenvalue weighted by Gasteiger charge is 2.04. The first kappa shape index (κ1) is 13.8. The molecule has 0 spiro atoms. The number of amides is 1. The lowest BCUT2D eigenvalue weighted by atomic mass is 10.3. The molecule has 1 aromatic carbocycles. The number of rotatable bonds is 5. The van der Waals surface area contributed by atoms with Gasteiger partial charge in [-0.2, -0.15) is 0 Å². The molecule has 6 heteroatoms. The van der Waals surface area contributed by atoms with Crippen LogP contribution in [0.2, 0.25) is 0 Å². The van der Waals surface area contributed by atoms with E-state index in [9.17, 15) is 14.5 Å². The molecular weight excluding hydrogens is 234 g/mol. The zero-order chi connectivity index (χ0) is 13.5. The second kappa shape index (κ2) is 6.48. The van der Waals surface area contributed by atoms with Gasteiger partial charge in [0.2, 0.25) is 11.3 Å². The van der Waals surface area contributed by atoms with Gasteiger partial charge in [0.25, 0.3) is 0 Å². The van der Waals surface area contributed by atoms with E-state index in [1.165, 1.54) is 18.2 Å². The predicted molar refractivity (Wildman–Crippen MR) is 69.6 cm³/mol. The smallest absolute Gasteiger partial charge is 0.238 e. The lowest BCUT2D eigenvalue weighted by Crippen LogP contribution is -2.31. The summed E-state index contributed by atoms with van der Waals surface area (Å²) in [7, 11) is 0. The van der Waals surface area contributed by atoms with Crippen LogP contribution in [0.25, 0.3) is 0 Å². The van der Waals surface area contributed by atoms with Gasteiger partial charge in [0.05, 0.1) is 0 Å². The number of hydrogen-bond donors (Lipinski definition) is 2. The third-order valence-corrected chi connectivity index (χ3v) is 2.31. The first-order chi connectivity index (χ1) is 8.58. The molecule has 0 saturated heterocycles. The van der Waals surface area contributed by atoms with E-state index >= 15 is 0 Å². The molecule has 1 aromatic rings. The molecule has 18 heavy (non-hydrogen) atoms. The highest BCUT2D eigenvalue weighted by Crippen LogP contribution is 2.12. The zero-order valence-corrected chi connectivity index (χ0v) is 10.3. The number of nitroso groups, excluding NO2 is 1. The number of carbonyl (C=O) groups is 1. The van der Waals surface area contributed by atoms with Crippen LogP contribution in [0, 0.1) is 11.8 Å². The van der Waals surface area contributed by atoms with Gasteiger partial charge in [-0.3, -0.25) is 20.4 Å². The zero-order valence-electron chi connectivity index (χ0n) is 10.3. The molecule has 2 N–H and O–H groups in total. The van der Waals surface area contributed by atoms with Crippen LogP contribution in [0.5, 0.6) is 0 Å². The summed E-state index contributed by atoms with van der Waals surface area (Å²) in [6.07, 6.45) is 1.10. The fraction of sp³-hybridized carbons (Fsp3) is 0.333. The van der Waals surface area contributed by atoms with Gasteiger partial charge in [-0.05, 0) is 36.7 Å². The van der Waals surface area contributed by atoms with Crippen LogP contribution in [-0.4, -0.2) is 5.91 Å². The van der Waals surface area contributed by atoms with Crippen molar-refractivity contribution < 1.29 is 4.79 Å². The highest BCUT2D eigenvalue weighted by atomic mass is 16.3. The molecule has 0 saturated carbocycles. The maximum atomic E-state index is 11.8. The van der Waals surface area contributed by atoms with Crippen molar-refractivity contribution in [2.24, 2.45) is 5.18 Å². The standard InChI is InChI=1S/C12H15N3O3/c1-3-4-11(16)14-13-10-6-5-9(15-18)7-8(2)12(10)17/h5-7H,3-4H2,1-2H3,(H,13,17)(H,14,16). The summed E-state index contributed by atoms with van der Waals surface area (Å²) in [5.41, 5.74) is 5.43. The number of carbonyl (C=O) groups excluding carboxylic acids is 1. The lowest BCUT2D eigenvalue weighted by molar-refractivity contribution is -0.120. The van der Waals surface area contributed by atoms with Crippen LogP contribution in [0.15, 0.2) is 28.2 Å². The van der Waals surface area contributed by atoms with Gasteiger partial charge in [-0.1, -0.05) is 6.92 Å². The van der Waals surface area contributed by atoms with Crippen molar-refractivity contribution in [2.75, 3.05) is 5.43 Å². The van der Waals surface area contributed by atoms with Crippen LogP contribution in [-0.2, 0) is 4.79 Å². The van der Waals surface area contributed by atoms with Gasteiger partial charge < -0.3 is 0 Å². The molecule has 0 heterocycles. The summed E-state index contributed by atoms with van der Waals surface area (Å²) >= 11 is 0. The first-order valence-corrected chi connectivity index (χ1v) is 5.61. The Morgan fingerprint density at radius 1 is 1.39 bits per heavy atom. The SMILES string of the molecule is CCCC(=O)NNc1ccc(N=O)cc(C)c1=O. The van der Waals surface area contributed by atoms with Crippen molar-refractivity contribution in [3.8, 4) is 0 Å². The summed E-state index contributed by atoms with van der Waals surface area (Å²) in [6, 6.07) is 4.22. The minimum Gasteiger partial charge on any atom is -0.295 e. The molecule has 0 fully saturated rings. The van der Waals surface area contributed by atoms with E-state index in [-0.39, 0.29) is 22.7 Å². The quantitative estimate of drug-likeness (QED) is 0.617. The Bertz CT molecular complexity index is 514. The van der Waals surface area contributed by atoms with Crippen molar-refractivity contribution in [3.05, 3.63) is 38.9 Å². The summed E-state index contributed by atoms with van der Waals surface area (Å²) in [5, 5.41) is 2.77. The van der Waals surface area contributed by atoms with Crippen LogP contribution in [0.3, 0.4) is 0 Å². The molecule has 1 amide bonds. The Kier molecular flexibility index (Phi) is 4.98. The fourth-order valence-electron chi connectivity index (χ4n) is 1.37. The highest BCUT2D eigenvalue weighted by molar-refractivity contribution is 5.77. The van der Waals surface area contributed by atoms with Gasteiger partial charge in [0.15, 0.2) is 0 Å². The minimum atomic E-state index is -0.290. The molecule has 0 aliphatic rings. The maximum absolute atomic E-state index is 11.8. The van der Waals surface area contributed by atoms with E-state index in [1.54, 1.807) is 6.92 Å². The van der Waals surface area contributed by atoms with E-state index in [1.807, 2.05) is 6.92 Å². The monoisotopic (exact) mass is 249 g/mol. The number of nitrogens with zero attached hydrogens (tertiary/aromatic N) is 1. The Labute approximate surface area is 104 Å². The molecule has 1 rings (SSSR count). The molecule has 0 aliphatic carbocycles. The molecular formula is C12H15N3O3. The average Bonchev–Trinajstić information content (AvgIpc) is 2.48. The van der Waals surface area contributed by atoms with Crippen molar-refractivity contribution >= 4 is 17.3 Å². The number of aryl methyl sites for hydroxylation is 1. The van der Waals surface area contributed by atoms with Gasteiger partial charge in [-0.15, -0.1) is 4.91 Å². The normalized spacial score (nSPS) is 9.67. The van der Waals surface area contributed by atoms with Crippen LogP contribution in [0.4, 0.5) is 11.4 Å². The van der Waals surface area contributed by atoms with Crippen molar-refractivity contribution in [1.29, 1.82) is 0 Å². The first-order valence-electron chi connectivity index (χ1n) is 5.61. The third kappa shape index (κ3) is 3.65. The third-order valence-electron chi connectivity index (χ3n) is 2.31. The maximum Gasteiger partial charge on any atom is 0.238 e. The van der Waals surface area contributed by atoms with Crippen LogP contribution in [0.1, 0.15) is 25.3 Å². The molecule has 96 valence electrons. The Hall–Kier alpha value is -2.24. The molecule has 6 nitrogen and oxygen atoms in total. The van der Waals surface area contributed by atoms with Crippen LogP contribution >= 0.6 is 0 Å². The second-order valence-corrected chi connectivity index (χ2v) is 3.84. The van der Waals surface area contributed by atoms with E-state index in [4.69, 9.17) is 0 Å². The topological polar surface area (TPSA) is 87.6 Å². The number of hydrazine groups is 1. The Balaban J connectivity index is 2.94. The average molecular weight is 249 g/mol. The van der Waals surface area contributed by atoms with Gasteiger partial charge in [0.1, 0.15) is 11.4 Å². The summed E-state index contributed by atoms with van der Waals surface area (Å²) in [6.45, 7) is 3.46. The number of anilines is 1. The molecule has 0 radical (unpaired) electrons. The second-order valence-electron chi connectivity index (χ2n) is 3.84. The molecule has 0 aliphatic heterocycles. The fourth-order valence-corrected chi connectivity index (χ4v) is 1.37. The Morgan fingerprint density at radius 3 is 2.72 bits per heavy atom. The molecule has 0 bridgehead atoms. The predicted octanol–water partition coefficient (Wildman–Crippen LogP) is 2.00. The summed E-state index contributed by atoms with van der Waals surface area (Å²) < 4.78 is 0. The summed E-state index contributed by atoms with van der Waals surface area (Å²) in [4.78, 5) is 33.5. The minimum absolute atomic E-state index is 0.164. The van der Waals surface area contributed by atoms with E-state index in [0.29, 0.717) is 12.0 Å². The van der Waals surface area contributed by atoms with Gasteiger partial charge >= 0.3 is 0 Å². The van der Waals surface area contributed by atoms with Crippen molar-refractivity contribution in [1.82, 2.24) is 5.43 Å². The Morgan fingerprint density at radius 2 is 2.11 bits per heavy atom. The van der Waals surface area contributed by atoms with E-state index in [2.05, 4.69) is 16.0 Å². The van der Waals surface area contributed by atoms with Crippen molar-refractivity contribution in [3.63, 3.8) is 0 Å². The lowest BCUT2D eigenvalue weighted by Gasteiger charge is -2.05. The van der Waals surface area contributed by atoms with E-state index < -0.39 is 0 Å². The summed E-state index contributed by atoms with van der Waals surface area (Å²) in [5.74, 6) is -0.199.